The van der Waals surface area contributed by atoms with Gasteiger partial charge < -0.3 is 4.42 Å². The van der Waals surface area contributed by atoms with Crippen molar-refractivity contribution in [3.05, 3.63) is 29.1 Å². The average Bonchev–Trinajstić information content (AvgIpc) is 2.55. The molecule has 2 heterocycles. The maximum absolute atomic E-state index is 5.19. The van der Waals surface area contributed by atoms with Crippen LogP contribution in [0.25, 0.3) is 11.5 Å². The zero-order chi connectivity index (χ0) is 7.68. The average molecular weight is 213 g/mol. The van der Waals surface area contributed by atoms with Crippen molar-refractivity contribution >= 4 is 15.9 Å². The Labute approximate surface area is 71.5 Å². The third-order valence-electron chi connectivity index (χ3n) is 1.33. The lowest BCUT2D eigenvalue weighted by atomic mass is 10.3. The van der Waals surface area contributed by atoms with E-state index >= 15 is 0 Å². The van der Waals surface area contributed by atoms with E-state index in [1.165, 1.54) is 0 Å². The summed E-state index contributed by atoms with van der Waals surface area (Å²) in [6.45, 7) is 0. The van der Waals surface area contributed by atoms with E-state index in [-0.39, 0.29) is 0 Å². The first-order valence-corrected chi connectivity index (χ1v) is 3.89. The van der Waals surface area contributed by atoms with E-state index in [0.29, 0.717) is 0 Å². The quantitative estimate of drug-likeness (QED) is 0.790. The number of hydrogen-bond donors (Lipinski definition) is 1. The fraction of sp³-hybridized carbons (Fsp3) is 0. The van der Waals surface area contributed by atoms with Crippen molar-refractivity contribution in [2.45, 2.75) is 0 Å². The molecule has 0 aliphatic heterocycles. The maximum atomic E-state index is 5.19. The van der Waals surface area contributed by atoms with Crippen molar-refractivity contribution < 1.29 is 4.42 Å². The number of aromatic amines is 1. The van der Waals surface area contributed by atoms with Crippen LogP contribution >= 0.6 is 15.9 Å². The summed E-state index contributed by atoms with van der Waals surface area (Å²) in [5.41, 5.74) is 0.885. The van der Waals surface area contributed by atoms with Gasteiger partial charge in [0.1, 0.15) is 12.0 Å². The van der Waals surface area contributed by atoms with Crippen LogP contribution in [0.15, 0.2) is 33.5 Å². The van der Waals surface area contributed by atoms with Crippen LogP contribution in [-0.2, 0) is 0 Å². The Hall–Kier alpha value is -1.03. The summed E-state index contributed by atoms with van der Waals surface area (Å²) in [7, 11) is 0. The van der Waals surface area contributed by atoms with Gasteiger partial charge in [-0.1, -0.05) is 0 Å². The summed E-state index contributed by atoms with van der Waals surface area (Å²) < 4.78 is 6.12. The minimum absolute atomic E-state index is 0.786. The van der Waals surface area contributed by atoms with Crippen LogP contribution in [0.3, 0.4) is 0 Å². The highest BCUT2D eigenvalue weighted by Gasteiger charge is 2.02. The molecule has 0 amide bonds. The SMILES string of the molecule is Brc1coc(-c2ccn[nH]2)c1. The van der Waals surface area contributed by atoms with Gasteiger partial charge in [0, 0.05) is 12.3 Å². The second-order valence-electron chi connectivity index (χ2n) is 2.10. The zero-order valence-corrected chi connectivity index (χ0v) is 7.13. The number of nitrogens with one attached hydrogen (secondary N) is 1. The van der Waals surface area contributed by atoms with Crippen molar-refractivity contribution in [1.29, 1.82) is 0 Å². The molecule has 0 aliphatic rings. The first kappa shape index (κ1) is 6.67. The largest absolute Gasteiger partial charge is 0.462 e. The maximum Gasteiger partial charge on any atom is 0.152 e. The van der Waals surface area contributed by atoms with Crippen LogP contribution in [0.5, 0.6) is 0 Å². The van der Waals surface area contributed by atoms with Crippen LogP contribution in [-0.4, -0.2) is 10.2 Å². The van der Waals surface area contributed by atoms with Crippen molar-refractivity contribution in [3.63, 3.8) is 0 Å². The number of hydrogen-bond acceptors (Lipinski definition) is 2. The molecule has 3 nitrogen and oxygen atoms in total. The molecular weight excluding hydrogens is 208 g/mol. The molecule has 0 radical (unpaired) electrons. The molecule has 0 atom stereocenters. The fourth-order valence-electron chi connectivity index (χ4n) is 0.847. The summed E-state index contributed by atoms with van der Waals surface area (Å²) in [5.74, 6) is 0.786. The third kappa shape index (κ3) is 1.21. The predicted octanol–water partition coefficient (Wildman–Crippen LogP) is 2.43. The molecule has 2 aromatic heterocycles. The Bertz CT molecular complexity index is 339. The van der Waals surface area contributed by atoms with Gasteiger partial charge in [-0.3, -0.25) is 5.10 Å². The zero-order valence-electron chi connectivity index (χ0n) is 5.54. The van der Waals surface area contributed by atoms with Crippen molar-refractivity contribution in [2.75, 3.05) is 0 Å². The number of H-pyrrole nitrogens is 1. The smallest absolute Gasteiger partial charge is 0.152 e. The summed E-state index contributed by atoms with van der Waals surface area (Å²) in [6.07, 6.45) is 3.32. The molecule has 1 N–H and O–H groups in total. The van der Waals surface area contributed by atoms with E-state index in [4.69, 9.17) is 4.42 Å². The fourth-order valence-corrected chi connectivity index (χ4v) is 1.15. The van der Waals surface area contributed by atoms with E-state index in [0.717, 1.165) is 15.9 Å². The Balaban J connectivity index is 2.45. The first-order valence-electron chi connectivity index (χ1n) is 3.10. The molecule has 0 aromatic carbocycles. The second kappa shape index (κ2) is 2.54. The molecule has 0 bridgehead atoms. The van der Waals surface area contributed by atoms with E-state index in [1.54, 1.807) is 12.5 Å². The molecule has 0 unspecified atom stereocenters. The molecule has 2 rings (SSSR count). The number of furan rings is 1. The Morgan fingerprint density at radius 1 is 1.55 bits per heavy atom. The minimum Gasteiger partial charge on any atom is -0.462 e. The topological polar surface area (TPSA) is 41.8 Å². The van der Waals surface area contributed by atoms with Gasteiger partial charge in [-0.25, -0.2) is 0 Å². The molecule has 0 saturated heterocycles. The monoisotopic (exact) mass is 212 g/mol. The highest BCUT2D eigenvalue weighted by Crippen LogP contribution is 2.22. The lowest BCUT2D eigenvalue weighted by molar-refractivity contribution is 0.578. The van der Waals surface area contributed by atoms with Gasteiger partial charge in [0.05, 0.1) is 4.47 Å². The summed E-state index contributed by atoms with van der Waals surface area (Å²) >= 11 is 3.29. The van der Waals surface area contributed by atoms with Gasteiger partial charge in [-0.05, 0) is 22.0 Å². The summed E-state index contributed by atoms with van der Waals surface area (Å²) in [6, 6.07) is 3.73. The highest BCUT2D eigenvalue weighted by molar-refractivity contribution is 9.10. The van der Waals surface area contributed by atoms with Crippen molar-refractivity contribution in [1.82, 2.24) is 10.2 Å². The Morgan fingerprint density at radius 3 is 3.00 bits per heavy atom. The van der Waals surface area contributed by atoms with Gasteiger partial charge >= 0.3 is 0 Å². The van der Waals surface area contributed by atoms with Gasteiger partial charge in [-0.15, -0.1) is 0 Å². The molecule has 56 valence electrons. The number of rotatable bonds is 1. The molecule has 0 spiro atoms. The lowest BCUT2D eigenvalue weighted by Crippen LogP contribution is -1.71. The lowest BCUT2D eigenvalue weighted by Gasteiger charge is -1.85. The number of halogens is 1. The summed E-state index contributed by atoms with van der Waals surface area (Å²) in [4.78, 5) is 0. The summed E-state index contributed by atoms with van der Waals surface area (Å²) in [5, 5.41) is 6.61. The van der Waals surface area contributed by atoms with Gasteiger partial charge in [0.15, 0.2) is 5.76 Å². The highest BCUT2D eigenvalue weighted by atomic mass is 79.9. The van der Waals surface area contributed by atoms with Gasteiger partial charge in [0.25, 0.3) is 0 Å². The Morgan fingerprint density at radius 2 is 2.45 bits per heavy atom. The van der Waals surface area contributed by atoms with Crippen LogP contribution in [0, 0.1) is 0 Å². The Kier molecular flexibility index (Phi) is 1.54. The van der Waals surface area contributed by atoms with Crippen LogP contribution in [0.4, 0.5) is 0 Å². The minimum atomic E-state index is 0.786. The molecule has 2 aromatic rings. The molecule has 0 fully saturated rings. The first-order chi connectivity index (χ1) is 5.36. The van der Waals surface area contributed by atoms with Crippen molar-refractivity contribution in [2.24, 2.45) is 0 Å². The van der Waals surface area contributed by atoms with E-state index in [1.807, 2.05) is 12.1 Å². The second-order valence-corrected chi connectivity index (χ2v) is 3.02. The number of nitrogens with zero attached hydrogens (tertiary/aromatic N) is 1. The third-order valence-corrected chi connectivity index (χ3v) is 1.75. The van der Waals surface area contributed by atoms with E-state index in [9.17, 15) is 0 Å². The van der Waals surface area contributed by atoms with Gasteiger partial charge in [-0.2, -0.15) is 5.10 Å². The number of aromatic nitrogens is 2. The van der Waals surface area contributed by atoms with Crippen LogP contribution in [0.1, 0.15) is 0 Å². The molecular formula is C7H5BrN2O. The standard InChI is InChI=1S/C7H5BrN2O/c8-5-3-7(11-4-5)6-1-2-9-10-6/h1-4H,(H,9,10). The molecule has 4 heteroatoms. The normalized spacial score (nSPS) is 10.3. The molecule has 0 aliphatic carbocycles. The van der Waals surface area contributed by atoms with Gasteiger partial charge in [0.2, 0.25) is 0 Å². The van der Waals surface area contributed by atoms with Crippen LogP contribution in [0.2, 0.25) is 0 Å². The van der Waals surface area contributed by atoms with E-state index in [2.05, 4.69) is 26.1 Å². The van der Waals surface area contributed by atoms with E-state index < -0.39 is 0 Å². The molecule has 0 saturated carbocycles. The molecule has 11 heavy (non-hydrogen) atoms. The van der Waals surface area contributed by atoms with Crippen molar-refractivity contribution in [3.8, 4) is 11.5 Å². The predicted molar refractivity (Wildman–Crippen MR) is 44.0 cm³/mol. The van der Waals surface area contributed by atoms with Crippen LogP contribution < -0.4 is 0 Å².